The summed E-state index contributed by atoms with van der Waals surface area (Å²) in [5.41, 5.74) is 21.4. The second kappa shape index (κ2) is 13.9. The summed E-state index contributed by atoms with van der Waals surface area (Å²) in [7, 11) is 0. The molecule has 1 aliphatic heterocycles. The lowest BCUT2D eigenvalue weighted by Crippen LogP contribution is -2.33. The molecule has 0 bridgehead atoms. The van der Waals surface area contributed by atoms with E-state index in [2.05, 4.69) is 264 Å². The van der Waals surface area contributed by atoms with Crippen LogP contribution < -0.4 is 4.90 Å². The molecule has 1 spiro atoms. The third-order valence-corrected chi connectivity index (χ3v) is 15.6. The smallest absolute Gasteiger partial charge is 0.0755 e. The molecule has 316 valence electrons. The van der Waals surface area contributed by atoms with Gasteiger partial charge in [-0.3, -0.25) is 0 Å². The Morgan fingerprint density at radius 1 is 0.324 bits per heavy atom. The van der Waals surface area contributed by atoms with Gasteiger partial charge in [-0.2, -0.15) is 0 Å². The summed E-state index contributed by atoms with van der Waals surface area (Å²) in [6.45, 7) is 0. The fourth-order valence-corrected chi connectivity index (χ4v) is 13.1. The molecule has 0 saturated heterocycles. The molecule has 2 heterocycles. The van der Waals surface area contributed by atoms with Crippen LogP contribution in [-0.2, 0) is 10.8 Å². The average Bonchev–Trinajstić information content (AvgIpc) is 4.02. The van der Waals surface area contributed by atoms with E-state index in [1.165, 1.54) is 105 Å². The van der Waals surface area contributed by atoms with Crippen LogP contribution in [0.1, 0.15) is 44.5 Å². The molecule has 0 radical (unpaired) electrons. The molecule has 0 fully saturated rings. The van der Waals surface area contributed by atoms with E-state index < -0.39 is 10.8 Å². The Labute approximate surface area is 395 Å². The molecule has 15 rings (SSSR count). The molecule has 1 aromatic heterocycles. The highest BCUT2D eigenvalue weighted by Gasteiger charge is 2.52. The largest absolute Gasteiger partial charge is 0.310 e. The van der Waals surface area contributed by atoms with Crippen LogP contribution in [-0.4, -0.2) is 4.57 Å². The van der Waals surface area contributed by atoms with Crippen LogP contribution in [0.2, 0.25) is 0 Å². The minimum absolute atomic E-state index is 0.536. The second-order valence-corrected chi connectivity index (χ2v) is 18.7. The van der Waals surface area contributed by atoms with Gasteiger partial charge in [-0.1, -0.05) is 212 Å². The van der Waals surface area contributed by atoms with Gasteiger partial charge < -0.3 is 9.47 Å². The van der Waals surface area contributed by atoms with Gasteiger partial charge in [0.25, 0.3) is 0 Å². The van der Waals surface area contributed by atoms with Gasteiger partial charge in [-0.05, 0) is 114 Å². The Hall–Kier alpha value is -8.72. The van der Waals surface area contributed by atoms with E-state index in [1.807, 2.05) is 0 Å². The summed E-state index contributed by atoms with van der Waals surface area (Å²) in [5, 5.41) is 4.99. The number of rotatable bonds is 5. The summed E-state index contributed by atoms with van der Waals surface area (Å²) >= 11 is 0. The molecule has 2 heteroatoms. The van der Waals surface area contributed by atoms with E-state index in [4.69, 9.17) is 0 Å². The van der Waals surface area contributed by atoms with E-state index in [1.54, 1.807) is 0 Å². The van der Waals surface area contributed by atoms with Crippen molar-refractivity contribution in [3.63, 3.8) is 0 Å². The molecule has 11 aromatic carbocycles. The van der Waals surface area contributed by atoms with Gasteiger partial charge in [0.15, 0.2) is 0 Å². The summed E-state index contributed by atoms with van der Waals surface area (Å²) in [6, 6.07) is 95.7. The summed E-state index contributed by atoms with van der Waals surface area (Å²) in [4.78, 5) is 2.55. The maximum atomic E-state index is 2.55. The molecule has 0 amide bonds. The van der Waals surface area contributed by atoms with Gasteiger partial charge in [0.2, 0.25) is 0 Å². The van der Waals surface area contributed by atoms with E-state index in [0.29, 0.717) is 0 Å². The quantitative estimate of drug-likeness (QED) is 0.167. The Kier molecular flexibility index (Phi) is 7.67. The first kappa shape index (κ1) is 37.5. The van der Waals surface area contributed by atoms with E-state index in [-0.39, 0.29) is 0 Å². The minimum Gasteiger partial charge on any atom is -0.310 e. The van der Waals surface area contributed by atoms with Crippen molar-refractivity contribution in [2.24, 2.45) is 0 Å². The number of anilines is 3. The van der Waals surface area contributed by atoms with Gasteiger partial charge in [-0.25, -0.2) is 0 Å². The van der Waals surface area contributed by atoms with Crippen molar-refractivity contribution in [1.29, 1.82) is 0 Å². The SMILES string of the molecule is c1ccc(C2(c3ccccc3)c3ccccc3-c3c(N(c4ccc5c(c4)C4(c6ccccc6-5)c5ccccc5-n5c6ccccc6c6cccc4c65)c4ccc5ccccc5c4)cccc32)cc1. The topological polar surface area (TPSA) is 8.17 Å². The predicted molar refractivity (Wildman–Crippen MR) is 281 cm³/mol. The third-order valence-electron chi connectivity index (χ3n) is 15.6. The van der Waals surface area contributed by atoms with Crippen LogP contribution >= 0.6 is 0 Å². The lowest BCUT2D eigenvalue weighted by molar-refractivity contribution is 0.748. The summed E-state index contributed by atoms with van der Waals surface area (Å²) in [6.07, 6.45) is 0. The predicted octanol–water partition coefficient (Wildman–Crippen LogP) is 16.4. The molecule has 2 nitrogen and oxygen atoms in total. The lowest BCUT2D eigenvalue weighted by Gasteiger charge is -2.40. The molecule has 0 saturated carbocycles. The first-order valence-electron chi connectivity index (χ1n) is 23.8. The Balaban J connectivity index is 1.05. The first-order chi connectivity index (χ1) is 33.8. The first-order valence-corrected chi connectivity index (χ1v) is 23.8. The van der Waals surface area contributed by atoms with Crippen molar-refractivity contribution >= 4 is 49.6 Å². The maximum absolute atomic E-state index is 2.55. The zero-order chi connectivity index (χ0) is 44.6. The van der Waals surface area contributed by atoms with Crippen molar-refractivity contribution in [3.05, 3.63) is 299 Å². The van der Waals surface area contributed by atoms with Gasteiger partial charge in [0.1, 0.15) is 0 Å². The molecule has 2 aliphatic carbocycles. The Morgan fingerprint density at radius 2 is 0.882 bits per heavy atom. The van der Waals surface area contributed by atoms with Crippen LogP contribution in [0.15, 0.2) is 255 Å². The highest BCUT2D eigenvalue weighted by Crippen LogP contribution is 2.63. The van der Waals surface area contributed by atoms with Gasteiger partial charge >= 0.3 is 0 Å². The lowest BCUT2D eigenvalue weighted by atomic mass is 9.65. The van der Waals surface area contributed by atoms with Crippen LogP contribution in [0.3, 0.4) is 0 Å². The summed E-state index contributed by atoms with van der Waals surface area (Å²) < 4.78 is 2.53. The van der Waals surface area contributed by atoms with Crippen LogP contribution in [0.4, 0.5) is 17.1 Å². The Bertz CT molecular complexity index is 4010. The van der Waals surface area contributed by atoms with Crippen LogP contribution in [0.5, 0.6) is 0 Å². The number of hydrogen-bond acceptors (Lipinski definition) is 1. The van der Waals surface area contributed by atoms with Crippen molar-refractivity contribution in [2.75, 3.05) is 4.90 Å². The normalized spacial score (nSPS) is 15.5. The Morgan fingerprint density at radius 3 is 1.69 bits per heavy atom. The molecule has 0 N–H and O–H groups in total. The molecule has 1 atom stereocenters. The minimum atomic E-state index is -0.585. The fraction of sp³-hybridized carbons (Fsp3) is 0.0303. The van der Waals surface area contributed by atoms with Crippen LogP contribution in [0.25, 0.3) is 60.5 Å². The maximum Gasteiger partial charge on any atom is 0.0755 e. The van der Waals surface area contributed by atoms with E-state index >= 15 is 0 Å². The second-order valence-electron chi connectivity index (χ2n) is 18.7. The fourth-order valence-electron chi connectivity index (χ4n) is 13.1. The zero-order valence-electron chi connectivity index (χ0n) is 37.1. The number of benzene rings is 11. The molecular weight excluding hydrogens is 821 g/mol. The van der Waals surface area contributed by atoms with Gasteiger partial charge in [0.05, 0.1) is 33.2 Å². The molecular formula is C66H42N2. The number of hydrogen-bond donors (Lipinski definition) is 0. The number of para-hydroxylation sites is 3. The van der Waals surface area contributed by atoms with E-state index in [9.17, 15) is 0 Å². The van der Waals surface area contributed by atoms with Crippen molar-refractivity contribution in [1.82, 2.24) is 4.57 Å². The number of aromatic nitrogens is 1. The zero-order valence-corrected chi connectivity index (χ0v) is 37.1. The molecule has 1 unspecified atom stereocenters. The van der Waals surface area contributed by atoms with Gasteiger partial charge in [-0.15, -0.1) is 0 Å². The molecule has 68 heavy (non-hydrogen) atoms. The monoisotopic (exact) mass is 862 g/mol. The third kappa shape index (κ3) is 4.71. The van der Waals surface area contributed by atoms with Gasteiger partial charge in [0, 0.05) is 27.7 Å². The highest BCUT2D eigenvalue weighted by molar-refractivity contribution is 6.13. The standard InChI is InChI=1S/C66H42N2/c1-3-21-45(22-4-1)65(46-23-5-2-6-24-46)55-30-13-10-27-53(55)63-57(65)32-18-36-62(63)67(47-38-37-43-19-7-8-20-44(43)41-47)48-39-40-50-49-25-9-12-29-54(49)66(59(50)42-48)56-31-14-16-35-61(56)68-60-34-15-11-26-51(60)52-28-17-33-58(66)64(52)68/h1-42H. The van der Waals surface area contributed by atoms with E-state index in [0.717, 1.165) is 17.1 Å². The molecule has 12 aromatic rings. The van der Waals surface area contributed by atoms with Crippen molar-refractivity contribution < 1.29 is 0 Å². The highest BCUT2D eigenvalue weighted by atomic mass is 15.1. The number of fused-ring (bicyclic) bond motifs is 16. The number of nitrogens with zero attached hydrogens (tertiary/aromatic N) is 2. The van der Waals surface area contributed by atoms with Crippen molar-refractivity contribution in [3.8, 4) is 27.9 Å². The van der Waals surface area contributed by atoms with Crippen LogP contribution in [0, 0.1) is 0 Å². The van der Waals surface area contributed by atoms with Crippen molar-refractivity contribution in [2.45, 2.75) is 10.8 Å². The summed E-state index contributed by atoms with van der Waals surface area (Å²) in [5.74, 6) is 0. The average molecular weight is 863 g/mol. The molecule has 3 aliphatic rings.